The summed E-state index contributed by atoms with van der Waals surface area (Å²) in [5.41, 5.74) is 4.08. The molecule has 0 bridgehead atoms. The molecule has 0 saturated carbocycles. The van der Waals surface area contributed by atoms with Gasteiger partial charge in [-0.05, 0) is 44.7 Å². The van der Waals surface area contributed by atoms with Crippen molar-refractivity contribution in [2.75, 3.05) is 11.9 Å². The molecule has 0 fully saturated rings. The number of hydrogen-bond donors (Lipinski definition) is 0. The SMILES string of the molecule is CCCC(CBr)(CCC)COc1c(C)cc(C)cc1C. The third-order valence-electron chi connectivity index (χ3n) is 3.97. The van der Waals surface area contributed by atoms with Gasteiger partial charge in [0.05, 0.1) is 6.61 Å². The van der Waals surface area contributed by atoms with Crippen LogP contribution in [-0.2, 0) is 0 Å². The van der Waals surface area contributed by atoms with E-state index in [-0.39, 0.29) is 5.41 Å². The van der Waals surface area contributed by atoms with Crippen molar-refractivity contribution in [2.24, 2.45) is 5.41 Å². The van der Waals surface area contributed by atoms with E-state index in [4.69, 9.17) is 4.74 Å². The van der Waals surface area contributed by atoms with Gasteiger partial charge in [0.1, 0.15) is 5.75 Å². The number of halogens is 1. The van der Waals surface area contributed by atoms with Crippen molar-refractivity contribution in [2.45, 2.75) is 60.3 Å². The van der Waals surface area contributed by atoms with Gasteiger partial charge in [-0.2, -0.15) is 0 Å². The molecule has 1 rings (SSSR count). The third-order valence-corrected chi connectivity index (χ3v) is 5.16. The second-order valence-corrected chi connectivity index (χ2v) is 6.71. The van der Waals surface area contributed by atoms with Gasteiger partial charge in [-0.15, -0.1) is 0 Å². The van der Waals surface area contributed by atoms with Crippen molar-refractivity contribution in [3.8, 4) is 5.75 Å². The Kier molecular flexibility index (Phi) is 7.08. The van der Waals surface area contributed by atoms with Crippen LogP contribution in [0.25, 0.3) is 0 Å². The number of rotatable bonds is 8. The number of benzene rings is 1. The summed E-state index contributed by atoms with van der Waals surface area (Å²) in [6.45, 7) is 11.8. The third kappa shape index (κ3) is 4.51. The molecular formula is C18H29BrO. The summed E-state index contributed by atoms with van der Waals surface area (Å²) in [6.07, 6.45) is 4.85. The van der Waals surface area contributed by atoms with E-state index >= 15 is 0 Å². The van der Waals surface area contributed by atoms with Gasteiger partial charge in [-0.25, -0.2) is 0 Å². The zero-order valence-electron chi connectivity index (χ0n) is 13.7. The molecule has 1 aromatic carbocycles. The van der Waals surface area contributed by atoms with Gasteiger partial charge in [0, 0.05) is 10.7 Å². The van der Waals surface area contributed by atoms with E-state index < -0.39 is 0 Å². The van der Waals surface area contributed by atoms with E-state index in [0.29, 0.717) is 0 Å². The molecular weight excluding hydrogens is 312 g/mol. The van der Waals surface area contributed by atoms with Gasteiger partial charge >= 0.3 is 0 Å². The number of aryl methyl sites for hydroxylation is 3. The highest BCUT2D eigenvalue weighted by molar-refractivity contribution is 9.09. The maximum Gasteiger partial charge on any atom is 0.125 e. The lowest BCUT2D eigenvalue weighted by Gasteiger charge is -2.32. The van der Waals surface area contributed by atoms with E-state index in [2.05, 4.69) is 62.7 Å². The van der Waals surface area contributed by atoms with Crippen LogP contribution in [0.4, 0.5) is 0 Å². The molecule has 0 aliphatic heterocycles. The van der Waals surface area contributed by atoms with Crippen LogP contribution in [0, 0.1) is 26.2 Å². The summed E-state index contributed by atoms with van der Waals surface area (Å²) in [7, 11) is 0. The van der Waals surface area contributed by atoms with Gasteiger partial charge in [0.25, 0.3) is 0 Å². The second-order valence-electron chi connectivity index (χ2n) is 6.15. The molecule has 1 nitrogen and oxygen atoms in total. The molecule has 0 spiro atoms. The minimum absolute atomic E-state index is 0.271. The molecule has 0 radical (unpaired) electrons. The maximum atomic E-state index is 6.25. The minimum Gasteiger partial charge on any atom is -0.492 e. The van der Waals surface area contributed by atoms with Crippen LogP contribution in [0.15, 0.2) is 12.1 Å². The van der Waals surface area contributed by atoms with Gasteiger partial charge in [0.2, 0.25) is 0 Å². The molecule has 0 aromatic heterocycles. The highest BCUT2D eigenvalue weighted by Gasteiger charge is 2.28. The van der Waals surface area contributed by atoms with Crippen molar-refractivity contribution in [1.29, 1.82) is 0 Å². The van der Waals surface area contributed by atoms with E-state index in [9.17, 15) is 0 Å². The lowest BCUT2D eigenvalue weighted by atomic mass is 9.82. The van der Waals surface area contributed by atoms with E-state index in [1.807, 2.05) is 0 Å². The number of alkyl halides is 1. The van der Waals surface area contributed by atoms with Crippen molar-refractivity contribution in [1.82, 2.24) is 0 Å². The molecule has 0 heterocycles. The summed E-state index contributed by atoms with van der Waals surface area (Å²) >= 11 is 3.72. The van der Waals surface area contributed by atoms with Crippen LogP contribution in [-0.4, -0.2) is 11.9 Å². The zero-order valence-corrected chi connectivity index (χ0v) is 15.3. The quantitative estimate of drug-likeness (QED) is 0.529. The summed E-state index contributed by atoms with van der Waals surface area (Å²) in [6, 6.07) is 4.41. The number of ether oxygens (including phenoxy) is 1. The first-order valence-electron chi connectivity index (χ1n) is 7.74. The molecule has 2 heteroatoms. The van der Waals surface area contributed by atoms with Crippen molar-refractivity contribution in [3.63, 3.8) is 0 Å². The Labute approximate surface area is 133 Å². The fraction of sp³-hybridized carbons (Fsp3) is 0.667. The average molecular weight is 341 g/mol. The zero-order chi connectivity index (χ0) is 15.2. The first-order valence-corrected chi connectivity index (χ1v) is 8.86. The van der Waals surface area contributed by atoms with Crippen LogP contribution in [0.1, 0.15) is 56.2 Å². The summed E-state index contributed by atoms with van der Waals surface area (Å²) in [5, 5.41) is 1.02. The maximum absolute atomic E-state index is 6.25. The fourth-order valence-corrected chi connectivity index (χ4v) is 3.84. The van der Waals surface area contributed by atoms with Gasteiger partial charge in [-0.3, -0.25) is 0 Å². The lowest BCUT2D eigenvalue weighted by molar-refractivity contribution is 0.143. The van der Waals surface area contributed by atoms with Crippen LogP contribution in [0.5, 0.6) is 5.75 Å². The summed E-state index contributed by atoms with van der Waals surface area (Å²) < 4.78 is 6.25. The van der Waals surface area contributed by atoms with Crippen LogP contribution >= 0.6 is 15.9 Å². The molecule has 0 saturated heterocycles. The molecule has 0 atom stereocenters. The van der Waals surface area contributed by atoms with Crippen LogP contribution in [0.2, 0.25) is 0 Å². The van der Waals surface area contributed by atoms with Gasteiger partial charge < -0.3 is 4.74 Å². The van der Waals surface area contributed by atoms with Gasteiger partial charge in [-0.1, -0.05) is 60.3 Å². The van der Waals surface area contributed by atoms with Crippen LogP contribution < -0.4 is 4.74 Å². The highest BCUT2D eigenvalue weighted by atomic mass is 79.9. The Bertz CT molecular complexity index is 396. The van der Waals surface area contributed by atoms with E-state index in [1.165, 1.54) is 42.4 Å². The smallest absolute Gasteiger partial charge is 0.125 e. The second kappa shape index (κ2) is 8.07. The first kappa shape index (κ1) is 17.6. The molecule has 0 amide bonds. The Hall–Kier alpha value is -0.500. The predicted octanol–water partition coefficient (Wildman–Crippen LogP) is 5.97. The van der Waals surface area contributed by atoms with E-state index in [0.717, 1.165) is 17.7 Å². The standard InChI is InChI=1S/C18H29BrO/c1-6-8-18(12-19,9-7-2)13-20-17-15(4)10-14(3)11-16(17)5/h10-11H,6-9,12-13H2,1-5H3. The Morgan fingerprint density at radius 2 is 1.50 bits per heavy atom. The molecule has 0 N–H and O–H groups in total. The molecule has 1 aromatic rings. The van der Waals surface area contributed by atoms with Crippen LogP contribution in [0.3, 0.4) is 0 Å². The largest absolute Gasteiger partial charge is 0.492 e. The van der Waals surface area contributed by atoms with Crippen molar-refractivity contribution >= 4 is 15.9 Å². The summed E-state index contributed by atoms with van der Waals surface area (Å²) in [5.74, 6) is 1.08. The molecule has 20 heavy (non-hydrogen) atoms. The molecule has 0 unspecified atom stereocenters. The summed E-state index contributed by atoms with van der Waals surface area (Å²) in [4.78, 5) is 0. The van der Waals surface area contributed by atoms with Crippen molar-refractivity contribution < 1.29 is 4.74 Å². The fourth-order valence-electron chi connectivity index (χ4n) is 3.12. The average Bonchev–Trinajstić information content (AvgIpc) is 2.37. The molecule has 0 aliphatic carbocycles. The predicted molar refractivity (Wildman–Crippen MR) is 92.2 cm³/mol. The number of hydrogen-bond acceptors (Lipinski definition) is 1. The Morgan fingerprint density at radius 1 is 1.00 bits per heavy atom. The lowest BCUT2D eigenvalue weighted by Crippen LogP contribution is -2.30. The minimum atomic E-state index is 0.271. The first-order chi connectivity index (χ1) is 9.48. The molecule has 114 valence electrons. The Balaban J connectivity index is 2.87. The van der Waals surface area contributed by atoms with Crippen molar-refractivity contribution in [3.05, 3.63) is 28.8 Å². The highest BCUT2D eigenvalue weighted by Crippen LogP contribution is 2.34. The Morgan fingerprint density at radius 3 is 1.90 bits per heavy atom. The topological polar surface area (TPSA) is 9.23 Å². The van der Waals surface area contributed by atoms with E-state index in [1.54, 1.807) is 0 Å². The molecule has 0 aliphatic rings. The van der Waals surface area contributed by atoms with Gasteiger partial charge in [0.15, 0.2) is 0 Å². The monoisotopic (exact) mass is 340 g/mol. The normalized spacial score (nSPS) is 11.7.